The Morgan fingerprint density at radius 3 is 2.75 bits per heavy atom. The zero-order valence-corrected chi connectivity index (χ0v) is 11.4. The van der Waals surface area contributed by atoms with Gasteiger partial charge in [0.15, 0.2) is 6.79 Å². The van der Waals surface area contributed by atoms with E-state index in [0.29, 0.717) is 30.0 Å². The predicted molar refractivity (Wildman–Crippen MR) is 70.1 cm³/mol. The standard InChI is InChI=1S/C14H17FN2O3/c1-16-2-4-17(5-3-16)14(18)12-7-11(15)6-10-8-19-9-20-13(10)12/h6-7H,2-5,8-9H2,1H3. The second-order valence-electron chi connectivity index (χ2n) is 5.15. The van der Waals surface area contributed by atoms with Gasteiger partial charge in [-0.2, -0.15) is 0 Å². The van der Waals surface area contributed by atoms with Crippen LogP contribution in [-0.2, 0) is 11.3 Å². The van der Waals surface area contributed by atoms with Crippen LogP contribution in [0.5, 0.6) is 5.75 Å². The third-order valence-electron chi connectivity index (χ3n) is 3.70. The van der Waals surface area contributed by atoms with Crippen LogP contribution >= 0.6 is 0 Å². The molecule has 0 radical (unpaired) electrons. The molecule has 0 unspecified atom stereocenters. The first-order valence-electron chi connectivity index (χ1n) is 6.66. The van der Waals surface area contributed by atoms with Gasteiger partial charge in [-0.3, -0.25) is 4.79 Å². The minimum atomic E-state index is -0.435. The lowest BCUT2D eigenvalue weighted by Crippen LogP contribution is -2.47. The summed E-state index contributed by atoms with van der Waals surface area (Å²) in [5, 5.41) is 0. The zero-order valence-electron chi connectivity index (χ0n) is 11.4. The first-order chi connectivity index (χ1) is 9.65. The van der Waals surface area contributed by atoms with Crippen LogP contribution in [0.2, 0.25) is 0 Å². The van der Waals surface area contributed by atoms with Gasteiger partial charge in [0.1, 0.15) is 11.6 Å². The molecule has 0 aromatic heterocycles. The SMILES string of the molecule is CN1CCN(C(=O)c2cc(F)cc3c2OCOC3)CC1. The molecule has 6 heteroatoms. The largest absolute Gasteiger partial charge is 0.466 e. The van der Waals surface area contributed by atoms with Gasteiger partial charge in [0, 0.05) is 31.7 Å². The lowest BCUT2D eigenvalue weighted by atomic mass is 10.1. The van der Waals surface area contributed by atoms with Gasteiger partial charge in [-0.25, -0.2) is 4.39 Å². The maximum atomic E-state index is 13.7. The van der Waals surface area contributed by atoms with Crippen LogP contribution in [0.1, 0.15) is 15.9 Å². The molecule has 108 valence electrons. The van der Waals surface area contributed by atoms with Crippen molar-refractivity contribution < 1.29 is 18.7 Å². The van der Waals surface area contributed by atoms with E-state index >= 15 is 0 Å². The van der Waals surface area contributed by atoms with Crippen LogP contribution < -0.4 is 4.74 Å². The second-order valence-corrected chi connectivity index (χ2v) is 5.15. The average molecular weight is 280 g/mol. The molecule has 2 heterocycles. The van der Waals surface area contributed by atoms with E-state index in [1.54, 1.807) is 4.90 Å². The molecule has 0 N–H and O–H groups in total. The number of halogens is 1. The molecule has 0 bridgehead atoms. The van der Waals surface area contributed by atoms with Crippen molar-refractivity contribution in [2.24, 2.45) is 0 Å². The lowest BCUT2D eigenvalue weighted by molar-refractivity contribution is -0.0173. The average Bonchev–Trinajstić information content (AvgIpc) is 2.46. The third-order valence-corrected chi connectivity index (χ3v) is 3.70. The molecule has 1 aromatic rings. The number of benzene rings is 1. The predicted octanol–water partition coefficient (Wildman–Crippen LogP) is 1.08. The summed E-state index contributed by atoms with van der Waals surface area (Å²) in [7, 11) is 2.02. The molecule has 0 atom stereocenters. The maximum Gasteiger partial charge on any atom is 0.257 e. The van der Waals surface area contributed by atoms with E-state index in [2.05, 4.69) is 4.90 Å². The highest BCUT2D eigenvalue weighted by atomic mass is 19.1. The van der Waals surface area contributed by atoms with Crippen LogP contribution in [0.15, 0.2) is 12.1 Å². The number of likely N-dealkylation sites (N-methyl/N-ethyl adjacent to an activating group) is 1. The van der Waals surface area contributed by atoms with Crippen LogP contribution in [-0.4, -0.2) is 55.7 Å². The van der Waals surface area contributed by atoms with Crippen molar-refractivity contribution in [2.45, 2.75) is 6.61 Å². The van der Waals surface area contributed by atoms with Gasteiger partial charge in [0.2, 0.25) is 0 Å². The first-order valence-corrected chi connectivity index (χ1v) is 6.66. The van der Waals surface area contributed by atoms with E-state index in [0.717, 1.165) is 13.1 Å². The summed E-state index contributed by atoms with van der Waals surface area (Å²) in [6.45, 7) is 3.33. The molecule has 2 aliphatic heterocycles. The van der Waals surface area contributed by atoms with Crippen molar-refractivity contribution in [2.75, 3.05) is 40.0 Å². The molecular formula is C14H17FN2O3. The van der Waals surface area contributed by atoms with E-state index in [-0.39, 0.29) is 19.3 Å². The molecule has 1 amide bonds. The summed E-state index contributed by atoms with van der Waals surface area (Å²) in [6, 6.07) is 2.61. The minimum Gasteiger partial charge on any atom is -0.466 e. The molecule has 0 aliphatic carbocycles. The van der Waals surface area contributed by atoms with Gasteiger partial charge in [-0.05, 0) is 19.2 Å². The lowest BCUT2D eigenvalue weighted by Gasteiger charge is -2.33. The van der Waals surface area contributed by atoms with Gasteiger partial charge in [-0.15, -0.1) is 0 Å². The number of carbonyl (C=O) groups excluding carboxylic acids is 1. The van der Waals surface area contributed by atoms with E-state index in [4.69, 9.17) is 9.47 Å². The number of rotatable bonds is 1. The summed E-state index contributed by atoms with van der Waals surface area (Å²) in [6.07, 6.45) is 0. The third kappa shape index (κ3) is 2.48. The van der Waals surface area contributed by atoms with Crippen molar-refractivity contribution in [3.05, 3.63) is 29.1 Å². The Hall–Kier alpha value is -1.66. The number of amides is 1. The van der Waals surface area contributed by atoms with E-state index in [1.165, 1.54) is 12.1 Å². The Balaban J connectivity index is 1.89. The van der Waals surface area contributed by atoms with E-state index < -0.39 is 5.82 Å². The highest BCUT2D eigenvalue weighted by Crippen LogP contribution is 2.30. The van der Waals surface area contributed by atoms with Crippen LogP contribution in [0.4, 0.5) is 4.39 Å². The fourth-order valence-corrected chi connectivity index (χ4v) is 2.52. The van der Waals surface area contributed by atoms with E-state index in [9.17, 15) is 9.18 Å². The quantitative estimate of drug-likeness (QED) is 0.772. The van der Waals surface area contributed by atoms with E-state index in [1.807, 2.05) is 7.05 Å². The first kappa shape index (κ1) is 13.3. The fraction of sp³-hybridized carbons (Fsp3) is 0.500. The van der Waals surface area contributed by atoms with Crippen LogP contribution in [0.3, 0.4) is 0 Å². The van der Waals surface area contributed by atoms with Crippen LogP contribution in [0.25, 0.3) is 0 Å². The summed E-state index contributed by atoms with van der Waals surface area (Å²) < 4.78 is 24.2. The van der Waals surface area contributed by atoms with Crippen molar-refractivity contribution in [3.8, 4) is 5.75 Å². The Morgan fingerprint density at radius 2 is 2.00 bits per heavy atom. The normalized spacial score (nSPS) is 19.4. The Labute approximate surface area is 116 Å². The highest BCUT2D eigenvalue weighted by molar-refractivity contribution is 5.97. The number of hydrogen-bond donors (Lipinski definition) is 0. The van der Waals surface area contributed by atoms with Gasteiger partial charge in [0.05, 0.1) is 12.2 Å². The number of ether oxygens (including phenoxy) is 2. The van der Waals surface area contributed by atoms with Crippen molar-refractivity contribution in [3.63, 3.8) is 0 Å². The summed E-state index contributed by atoms with van der Waals surface area (Å²) in [5.41, 5.74) is 0.890. The molecule has 20 heavy (non-hydrogen) atoms. The number of carbonyl (C=O) groups is 1. The molecule has 0 saturated carbocycles. The molecule has 5 nitrogen and oxygen atoms in total. The Bertz CT molecular complexity index is 527. The zero-order chi connectivity index (χ0) is 14.1. The van der Waals surface area contributed by atoms with Crippen molar-refractivity contribution >= 4 is 5.91 Å². The maximum absolute atomic E-state index is 13.7. The van der Waals surface area contributed by atoms with Gasteiger partial charge in [0.25, 0.3) is 5.91 Å². The molecular weight excluding hydrogens is 263 g/mol. The molecule has 1 aromatic carbocycles. The van der Waals surface area contributed by atoms with Gasteiger partial charge < -0.3 is 19.3 Å². The molecule has 1 saturated heterocycles. The van der Waals surface area contributed by atoms with Crippen LogP contribution in [0, 0.1) is 5.82 Å². The summed E-state index contributed by atoms with van der Waals surface area (Å²) in [5.74, 6) is -0.146. The fourth-order valence-electron chi connectivity index (χ4n) is 2.52. The molecule has 1 fully saturated rings. The smallest absolute Gasteiger partial charge is 0.257 e. The number of nitrogens with zero attached hydrogens (tertiary/aromatic N) is 2. The number of piperazine rings is 1. The second kappa shape index (κ2) is 5.38. The van der Waals surface area contributed by atoms with Gasteiger partial charge in [-0.1, -0.05) is 0 Å². The molecule has 0 spiro atoms. The number of fused-ring (bicyclic) bond motifs is 1. The van der Waals surface area contributed by atoms with Crippen molar-refractivity contribution in [1.29, 1.82) is 0 Å². The topological polar surface area (TPSA) is 42.0 Å². The summed E-state index contributed by atoms with van der Waals surface area (Å²) >= 11 is 0. The Morgan fingerprint density at radius 1 is 1.25 bits per heavy atom. The molecule has 3 rings (SSSR count). The van der Waals surface area contributed by atoms with Gasteiger partial charge >= 0.3 is 0 Å². The van der Waals surface area contributed by atoms with Crippen molar-refractivity contribution in [1.82, 2.24) is 9.80 Å². The summed E-state index contributed by atoms with van der Waals surface area (Å²) in [4.78, 5) is 16.5. The Kier molecular flexibility index (Phi) is 3.58. The molecule has 2 aliphatic rings. The highest BCUT2D eigenvalue weighted by Gasteiger charge is 2.26. The number of hydrogen-bond acceptors (Lipinski definition) is 4. The monoisotopic (exact) mass is 280 g/mol. The minimum absolute atomic E-state index is 0.0989.